The molecule has 2 rings (SSSR count). The van der Waals surface area contributed by atoms with Crippen molar-refractivity contribution in [2.75, 3.05) is 5.73 Å². The van der Waals surface area contributed by atoms with Gasteiger partial charge in [0, 0.05) is 13.2 Å². The minimum atomic E-state index is 0.612. The van der Waals surface area contributed by atoms with Crippen molar-refractivity contribution in [1.29, 1.82) is 0 Å². The molecule has 0 aromatic carbocycles. The van der Waals surface area contributed by atoms with Crippen LogP contribution in [0.25, 0.3) is 11.0 Å². The van der Waals surface area contributed by atoms with E-state index in [4.69, 9.17) is 5.73 Å². The van der Waals surface area contributed by atoms with Crippen molar-refractivity contribution < 1.29 is 0 Å². The Balaban J connectivity index is 2.92. The number of nitrogens with zero attached hydrogens (tertiary/aromatic N) is 3. The number of hydrogen-bond acceptors (Lipinski definition) is 3. The van der Waals surface area contributed by atoms with Crippen LogP contribution in [-0.2, 0) is 7.05 Å². The van der Waals surface area contributed by atoms with Crippen LogP contribution in [0.5, 0.6) is 0 Å². The number of anilines is 1. The summed E-state index contributed by atoms with van der Waals surface area (Å²) in [5.74, 6) is 0.612. The minimum absolute atomic E-state index is 0.612. The second-order valence-electron chi connectivity index (χ2n) is 2.38. The van der Waals surface area contributed by atoms with E-state index >= 15 is 0 Å². The predicted octanol–water partition coefficient (Wildman–Crippen LogP) is 0.550. The molecule has 0 aliphatic carbocycles. The van der Waals surface area contributed by atoms with E-state index in [1.54, 1.807) is 17.9 Å². The molecule has 2 N–H and O–H groups in total. The maximum atomic E-state index is 5.68. The smallest absolute Gasteiger partial charge is 0.148 e. The zero-order valence-corrected chi connectivity index (χ0v) is 6.15. The molecule has 0 saturated heterocycles. The molecule has 0 bridgehead atoms. The quantitative estimate of drug-likeness (QED) is 0.593. The summed E-state index contributed by atoms with van der Waals surface area (Å²) in [6.07, 6.45) is 1.71. The van der Waals surface area contributed by atoms with E-state index in [1.165, 1.54) is 0 Å². The third kappa shape index (κ3) is 0.756. The van der Waals surface area contributed by atoms with Gasteiger partial charge in [0.05, 0.1) is 0 Å². The van der Waals surface area contributed by atoms with Crippen LogP contribution < -0.4 is 5.73 Å². The lowest BCUT2D eigenvalue weighted by atomic mass is 10.4. The second-order valence-corrected chi connectivity index (χ2v) is 2.38. The van der Waals surface area contributed by atoms with E-state index in [0.717, 1.165) is 11.0 Å². The topological polar surface area (TPSA) is 56.7 Å². The molecule has 0 unspecified atom stereocenters. The highest BCUT2D eigenvalue weighted by atomic mass is 15.3. The average molecular weight is 148 g/mol. The first kappa shape index (κ1) is 6.15. The first-order chi connectivity index (χ1) is 5.29. The summed E-state index contributed by atoms with van der Waals surface area (Å²) < 4.78 is 1.62. The highest BCUT2D eigenvalue weighted by Crippen LogP contribution is 2.15. The van der Waals surface area contributed by atoms with E-state index < -0.39 is 0 Å². The number of nitrogens with two attached hydrogens (primary N) is 1. The van der Waals surface area contributed by atoms with Crippen LogP contribution in [0.2, 0.25) is 0 Å². The van der Waals surface area contributed by atoms with Gasteiger partial charge < -0.3 is 5.73 Å². The number of rotatable bonds is 0. The van der Waals surface area contributed by atoms with Gasteiger partial charge in [0.25, 0.3) is 0 Å². The molecule has 0 amide bonds. The Kier molecular flexibility index (Phi) is 1.09. The molecule has 2 aromatic rings. The molecule has 2 heterocycles. The Labute approximate surface area is 63.6 Å². The van der Waals surface area contributed by atoms with Gasteiger partial charge in [-0.15, -0.1) is 0 Å². The molecule has 4 nitrogen and oxygen atoms in total. The molecular weight excluding hydrogens is 140 g/mol. The van der Waals surface area contributed by atoms with Crippen LogP contribution in [0.4, 0.5) is 5.82 Å². The summed E-state index contributed by atoms with van der Waals surface area (Å²) in [5, 5.41) is 4.14. The number of nitrogen functional groups attached to an aromatic ring is 1. The number of aryl methyl sites for hydroxylation is 1. The normalized spacial score (nSPS) is 10.6. The SMILES string of the molecule is Cn1nc2cccnc2c1N. The van der Waals surface area contributed by atoms with Crippen molar-refractivity contribution in [2.45, 2.75) is 0 Å². The lowest BCUT2D eigenvalue weighted by Crippen LogP contribution is -1.96. The van der Waals surface area contributed by atoms with Crippen LogP contribution in [0.3, 0.4) is 0 Å². The van der Waals surface area contributed by atoms with E-state index in [1.807, 2.05) is 12.1 Å². The van der Waals surface area contributed by atoms with E-state index in [2.05, 4.69) is 10.1 Å². The van der Waals surface area contributed by atoms with E-state index in [0.29, 0.717) is 5.82 Å². The van der Waals surface area contributed by atoms with Crippen molar-refractivity contribution >= 4 is 16.9 Å². The van der Waals surface area contributed by atoms with Gasteiger partial charge in [-0.3, -0.25) is 9.67 Å². The number of aromatic nitrogens is 3. The summed E-state index contributed by atoms with van der Waals surface area (Å²) in [4.78, 5) is 4.09. The monoisotopic (exact) mass is 148 g/mol. The summed E-state index contributed by atoms with van der Waals surface area (Å²) in [6.45, 7) is 0. The van der Waals surface area contributed by atoms with Gasteiger partial charge in [0.1, 0.15) is 16.9 Å². The highest BCUT2D eigenvalue weighted by molar-refractivity contribution is 5.84. The summed E-state index contributed by atoms with van der Waals surface area (Å²) in [7, 11) is 1.80. The Hall–Kier alpha value is -1.58. The zero-order valence-electron chi connectivity index (χ0n) is 6.15. The van der Waals surface area contributed by atoms with E-state index in [9.17, 15) is 0 Å². The van der Waals surface area contributed by atoms with Crippen molar-refractivity contribution in [3.63, 3.8) is 0 Å². The summed E-state index contributed by atoms with van der Waals surface area (Å²) >= 11 is 0. The third-order valence-corrected chi connectivity index (χ3v) is 1.64. The van der Waals surface area contributed by atoms with Crippen LogP contribution in [0.15, 0.2) is 18.3 Å². The summed E-state index contributed by atoms with van der Waals surface area (Å²) in [6, 6.07) is 3.73. The van der Waals surface area contributed by atoms with Crippen molar-refractivity contribution in [3.8, 4) is 0 Å². The predicted molar refractivity (Wildman–Crippen MR) is 42.9 cm³/mol. The fraction of sp³-hybridized carbons (Fsp3) is 0.143. The number of fused-ring (bicyclic) bond motifs is 1. The third-order valence-electron chi connectivity index (χ3n) is 1.64. The van der Waals surface area contributed by atoms with Gasteiger partial charge >= 0.3 is 0 Å². The molecule has 0 aliphatic heterocycles. The molecule has 56 valence electrons. The first-order valence-corrected chi connectivity index (χ1v) is 3.32. The maximum absolute atomic E-state index is 5.68. The largest absolute Gasteiger partial charge is 0.382 e. The van der Waals surface area contributed by atoms with Gasteiger partial charge in [0.15, 0.2) is 0 Å². The van der Waals surface area contributed by atoms with Crippen LogP contribution >= 0.6 is 0 Å². The van der Waals surface area contributed by atoms with Crippen molar-refractivity contribution in [3.05, 3.63) is 18.3 Å². The van der Waals surface area contributed by atoms with Crippen molar-refractivity contribution in [2.24, 2.45) is 7.05 Å². The molecule has 11 heavy (non-hydrogen) atoms. The Bertz CT molecular complexity index is 390. The Morgan fingerprint density at radius 2 is 2.36 bits per heavy atom. The molecule has 2 aromatic heterocycles. The van der Waals surface area contributed by atoms with Gasteiger partial charge in [-0.1, -0.05) is 0 Å². The van der Waals surface area contributed by atoms with Gasteiger partial charge in [-0.25, -0.2) is 0 Å². The van der Waals surface area contributed by atoms with Gasteiger partial charge in [-0.05, 0) is 12.1 Å². The van der Waals surface area contributed by atoms with Gasteiger partial charge in [-0.2, -0.15) is 5.10 Å². The molecule has 0 aliphatic rings. The number of pyridine rings is 1. The van der Waals surface area contributed by atoms with Crippen LogP contribution in [0.1, 0.15) is 0 Å². The lowest BCUT2D eigenvalue weighted by molar-refractivity contribution is 0.791. The molecule has 4 heteroatoms. The Morgan fingerprint density at radius 3 is 3.09 bits per heavy atom. The fourth-order valence-electron chi connectivity index (χ4n) is 1.04. The second kappa shape index (κ2) is 1.95. The summed E-state index contributed by atoms with van der Waals surface area (Å²) in [5.41, 5.74) is 7.29. The minimum Gasteiger partial charge on any atom is -0.382 e. The molecule has 0 spiro atoms. The fourth-order valence-corrected chi connectivity index (χ4v) is 1.04. The molecular formula is C7H8N4. The zero-order chi connectivity index (χ0) is 7.84. The lowest BCUT2D eigenvalue weighted by Gasteiger charge is -1.89. The Morgan fingerprint density at radius 1 is 1.55 bits per heavy atom. The van der Waals surface area contributed by atoms with E-state index in [-0.39, 0.29) is 0 Å². The van der Waals surface area contributed by atoms with Crippen molar-refractivity contribution in [1.82, 2.24) is 14.8 Å². The maximum Gasteiger partial charge on any atom is 0.148 e. The average Bonchev–Trinajstić information content (AvgIpc) is 2.30. The van der Waals surface area contributed by atoms with Crippen LogP contribution in [-0.4, -0.2) is 14.8 Å². The molecule has 0 fully saturated rings. The first-order valence-electron chi connectivity index (χ1n) is 3.32. The molecule has 0 saturated carbocycles. The highest BCUT2D eigenvalue weighted by Gasteiger charge is 2.03. The standard InChI is InChI=1S/C7H8N4/c1-11-7(8)6-5(10-11)3-2-4-9-6/h2-4H,8H2,1H3. The number of hydrogen-bond donors (Lipinski definition) is 1. The van der Waals surface area contributed by atoms with Crippen LogP contribution in [0, 0.1) is 0 Å². The molecule has 0 atom stereocenters. The molecule has 0 radical (unpaired) electrons. The van der Waals surface area contributed by atoms with Gasteiger partial charge in [0.2, 0.25) is 0 Å².